The van der Waals surface area contributed by atoms with Gasteiger partial charge in [-0.2, -0.15) is 0 Å². The van der Waals surface area contributed by atoms with Crippen molar-refractivity contribution in [1.82, 2.24) is 9.80 Å². The average molecular weight is 363 g/mol. The third-order valence-corrected chi connectivity index (χ3v) is 4.30. The van der Waals surface area contributed by atoms with E-state index in [4.69, 9.17) is 9.47 Å². The van der Waals surface area contributed by atoms with Gasteiger partial charge in [0.1, 0.15) is 5.60 Å². The van der Waals surface area contributed by atoms with E-state index in [0.717, 1.165) is 19.7 Å². The smallest absolute Gasteiger partial charge is 0.410 e. The summed E-state index contributed by atoms with van der Waals surface area (Å²) in [5, 5.41) is 0. The van der Waals surface area contributed by atoms with Gasteiger partial charge in [-0.05, 0) is 26.3 Å². The van der Waals surface area contributed by atoms with Crippen LogP contribution in [0.3, 0.4) is 0 Å². The molecular weight excluding hydrogens is 328 g/mol. The van der Waals surface area contributed by atoms with Gasteiger partial charge in [-0.3, -0.25) is 4.90 Å². The maximum Gasteiger partial charge on any atom is 0.410 e. The van der Waals surface area contributed by atoms with Crippen LogP contribution in [0, 0.1) is 0 Å². The van der Waals surface area contributed by atoms with E-state index in [1.54, 1.807) is 4.90 Å². The van der Waals surface area contributed by atoms with E-state index in [-0.39, 0.29) is 18.2 Å². The number of morpholine rings is 1. The minimum Gasteiger partial charge on any atom is -0.444 e. The van der Waals surface area contributed by atoms with Crippen molar-refractivity contribution in [3.63, 3.8) is 0 Å². The molecule has 2 atom stereocenters. The third kappa shape index (κ3) is 5.99. The Kier molecular flexibility index (Phi) is 7.47. The fourth-order valence-electron chi connectivity index (χ4n) is 3.25. The summed E-state index contributed by atoms with van der Waals surface area (Å²) >= 11 is 0. The Bertz CT molecular complexity index is 556. The van der Waals surface area contributed by atoms with Crippen molar-refractivity contribution in [3.05, 3.63) is 35.9 Å². The average Bonchev–Trinajstić information content (AvgIpc) is 3.01. The molecule has 2 fully saturated rings. The summed E-state index contributed by atoms with van der Waals surface area (Å²) in [4.78, 5) is 16.5. The normalized spacial score (nSPS) is 23.0. The summed E-state index contributed by atoms with van der Waals surface area (Å²) < 4.78 is 11.4. The standard InChI is InChI=1S/C18H26N2O3.C3H8/c1-18(2,3)23-17(21)20-12-15-16(13-20)22-10-9-19(15)11-14-7-5-4-6-8-14;1-3-2/h4-8,15-16H,9-13H2,1-3H3;3H2,1-2H3. The molecule has 1 aromatic carbocycles. The van der Waals surface area contributed by atoms with Crippen molar-refractivity contribution in [1.29, 1.82) is 0 Å². The van der Waals surface area contributed by atoms with Crippen LogP contribution in [0.5, 0.6) is 0 Å². The van der Waals surface area contributed by atoms with Gasteiger partial charge in [-0.1, -0.05) is 50.6 Å². The highest BCUT2D eigenvalue weighted by molar-refractivity contribution is 5.68. The second-order valence-corrected chi connectivity index (χ2v) is 8.03. The molecule has 2 saturated heterocycles. The molecule has 2 heterocycles. The quantitative estimate of drug-likeness (QED) is 0.800. The zero-order valence-electron chi connectivity index (χ0n) is 16.9. The number of benzene rings is 1. The zero-order valence-corrected chi connectivity index (χ0v) is 16.9. The van der Waals surface area contributed by atoms with Crippen molar-refractivity contribution >= 4 is 6.09 Å². The number of fused-ring (bicyclic) bond motifs is 1. The molecule has 3 rings (SSSR count). The number of hydrogen-bond donors (Lipinski definition) is 0. The monoisotopic (exact) mass is 362 g/mol. The van der Waals surface area contributed by atoms with Gasteiger partial charge in [0.2, 0.25) is 0 Å². The molecule has 26 heavy (non-hydrogen) atoms. The lowest BCUT2D eigenvalue weighted by atomic mass is 10.1. The summed E-state index contributed by atoms with van der Waals surface area (Å²) in [5.41, 5.74) is 0.832. The highest BCUT2D eigenvalue weighted by Gasteiger charge is 2.42. The maximum absolute atomic E-state index is 12.3. The molecule has 0 radical (unpaired) electrons. The number of likely N-dealkylation sites (tertiary alicyclic amines) is 1. The molecule has 2 aliphatic rings. The van der Waals surface area contributed by atoms with E-state index in [9.17, 15) is 4.79 Å². The van der Waals surface area contributed by atoms with Gasteiger partial charge in [0, 0.05) is 19.6 Å². The van der Waals surface area contributed by atoms with E-state index in [0.29, 0.717) is 13.1 Å². The minimum atomic E-state index is -0.463. The fraction of sp³-hybridized carbons (Fsp3) is 0.667. The molecule has 146 valence electrons. The lowest BCUT2D eigenvalue weighted by molar-refractivity contribution is -0.0505. The number of hydrogen-bond acceptors (Lipinski definition) is 4. The number of ether oxygens (including phenoxy) is 2. The number of carbonyl (C=O) groups is 1. The first kappa shape index (κ1) is 20.7. The first-order valence-electron chi connectivity index (χ1n) is 9.71. The number of carbonyl (C=O) groups excluding carboxylic acids is 1. The Balaban J connectivity index is 0.000000758. The molecule has 0 spiro atoms. The van der Waals surface area contributed by atoms with Gasteiger partial charge in [0.25, 0.3) is 0 Å². The minimum absolute atomic E-state index is 0.0833. The topological polar surface area (TPSA) is 42.0 Å². The molecule has 0 saturated carbocycles. The molecule has 0 aliphatic carbocycles. The van der Waals surface area contributed by atoms with Crippen LogP contribution in [0.2, 0.25) is 0 Å². The van der Waals surface area contributed by atoms with E-state index in [1.165, 1.54) is 12.0 Å². The molecule has 5 heteroatoms. The number of amides is 1. The summed E-state index contributed by atoms with van der Waals surface area (Å²) in [6.07, 6.45) is 1.09. The van der Waals surface area contributed by atoms with Crippen LogP contribution in [0.4, 0.5) is 4.79 Å². The molecule has 1 amide bonds. The molecule has 0 aromatic heterocycles. The van der Waals surface area contributed by atoms with E-state index in [1.807, 2.05) is 26.8 Å². The summed E-state index contributed by atoms with van der Waals surface area (Å²) in [7, 11) is 0. The van der Waals surface area contributed by atoms with Crippen molar-refractivity contribution < 1.29 is 14.3 Å². The van der Waals surface area contributed by atoms with E-state index < -0.39 is 5.60 Å². The Hall–Kier alpha value is -1.59. The molecule has 1 aromatic rings. The predicted molar refractivity (Wildman–Crippen MR) is 104 cm³/mol. The van der Waals surface area contributed by atoms with Gasteiger partial charge in [-0.15, -0.1) is 0 Å². The number of rotatable bonds is 2. The third-order valence-electron chi connectivity index (χ3n) is 4.30. The van der Waals surface area contributed by atoms with Crippen molar-refractivity contribution in [2.24, 2.45) is 0 Å². The van der Waals surface area contributed by atoms with Crippen molar-refractivity contribution in [2.45, 2.75) is 65.3 Å². The summed E-state index contributed by atoms with van der Waals surface area (Å²) in [6.45, 7) is 13.7. The van der Waals surface area contributed by atoms with Crippen LogP contribution in [0.15, 0.2) is 30.3 Å². The second-order valence-electron chi connectivity index (χ2n) is 8.03. The number of nitrogens with zero attached hydrogens (tertiary/aromatic N) is 2. The van der Waals surface area contributed by atoms with E-state index >= 15 is 0 Å². The Morgan fingerprint density at radius 2 is 1.85 bits per heavy atom. The van der Waals surface area contributed by atoms with Crippen LogP contribution >= 0.6 is 0 Å². The van der Waals surface area contributed by atoms with Crippen molar-refractivity contribution in [3.8, 4) is 0 Å². The first-order valence-corrected chi connectivity index (χ1v) is 9.71. The summed E-state index contributed by atoms with van der Waals surface area (Å²) in [5.74, 6) is 0. The largest absolute Gasteiger partial charge is 0.444 e. The van der Waals surface area contributed by atoms with Crippen LogP contribution in [0.1, 0.15) is 46.6 Å². The SMILES string of the molecule is CC(C)(C)OC(=O)N1CC2OCCN(Cc3ccccc3)C2C1.CCC. The second kappa shape index (κ2) is 9.38. The van der Waals surface area contributed by atoms with Crippen LogP contribution in [-0.4, -0.2) is 59.9 Å². The Morgan fingerprint density at radius 3 is 2.46 bits per heavy atom. The Labute approximate surface area is 158 Å². The van der Waals surface area contributed by atoms with Crippen LogP contribution in [0.25, 0.3) is 0 Å². The van der Waals surface area contributed by atoms with E-state index in [2.05, 4.69) is 43.0 Å². The molecular formula is C21H34N2O3. The van der Waals surface area contributed by atoms with Gasteiger partial charge < -0.3 is 14.4 Å². The lowest BCUT2D eigenvalue weighted by Gasteiger charge is -2.36. The summed E-state index contributed by atoms with van der Waals surface area (Å²) in [6, 6.07) is 10.7. The molecule has 0 N–H and O–H groups in total. The zero-order chi connectivity index (χ0) is 19.2. The fourth-order valence-corrected chi connectivity index (χ4v) is 3.25. The molecule has 5 nitrogen and oxygen atoms in total. The molecule has 2 aliphatic heterocycles. The van der Waals surface area contributed by atoms with Crippen LogP contribution < -0.4 is 0 Å². The van der Waals surface area contributed by atoms with Gasteiger partial charge in [0.15, 0.2) is 0 Å². The predicted octanol–water partition coefficient (Wildman–Crippen LogP) is 3.92. The maximum atomic E-state index is 12.3. The first-order chi connectivity index (χ1) is 12.3. The molecule has 2 unspecified atom stereocenters. The molecule has 0 bridgehead atoms. The Morgan fingerprint density at radius 1 is 1.19 bits per heavy atom. The van der Waals surface area contributed by atoms with Crippen LogP contribution in [-0.2, 0) is 16.0 Å². The highest BCUT2D eigenvalue weighted by Crippen LogP contribution is 2.25. The van der Waals surface area contributed by atoms with Gasteiger partial charge in [-0.25, -0.2) is 4.79 Å². The highest BCUT2D eigenvalue weighted by atomic mass is 16.6. The van der Waals surface area contributed by atoms with Crippen molar-refractivity contribution in [2.75, 3.05) is 26.2 Å². The van der Waals surface area contributed by atoms with Gasteiger partial charge >= 0.3 is 6.09 Å². The van der Waals surface area contributed by atoms with Gasteiger partial charge in [0.05, 0.1) is 25.3 Å². The lowest BCUT2D eigenvalue weighted by Crippen LogP contribution is -2.50.